The van der Waals surface area contributed by atoms with Gasteiger partial charge in [0.2, 0.25) is 5.91 Å². The standard InChI is InChI=1S/C14H23NO3/c1-2-18-12-6-10(12)14(17)15-13-9-4-3-8(5-9)11(13)7-16/h8-13,16H,2-7H2,1H3,(H,15,17). The van der Waals surface area contributed by atoms with Gasteiger partial charge in [-0.1, -0.05) is 0 Å². The normalized spacial score (nSPS) is 45.2. The van der Waals surface area contributed by atoms with Gasteiger partial charge in [-0.05, 0) is 44.4 Å². The molecular formula is C14H23NO3. The summed E-state index contributed by atoms with van der Waals surface area (Å²) in [5.74, 6) is 1.72. The number of hydrogen-bond acceptors (Lipinski definition) is 3. The molecule has 0 saturated heterocycles. The second-order valence-corrected chi connectivity index (χ2v) is 6.05. The van der Waals surface area contributed by atoms with E-state index in [-0.39, 0.29) is 36.5 Å². The minimum Gasteiger partial charge on any atom is -0.396 e. The summed E-state index contributed by atoms with van der Waals surface area (Å²) in [6.07, 6.45) is 4.64. The maximum atomic E-state index is 12.1. The number of ether oxygens (including phenoxy) is 1. The molecule has 3 rings (SSSR count). The van der Waals surface area contributed by atoms with Crippen molar-refractivity contribution in [3.8, 4) is 0 Å². The Balaban J connectivity index is 1.55. The van der Waals surface area contributed by atoms with Crippen molar-refractivity contribution in [2.45, 2.75) is 44.8 Å². The first-order valence-corrected chi connectivity index (χ1v) is 7.27. The fourth-order valence-electron chi connectivity index (χ4n) is 4.02. The van der Waals surface area contributed by atoms with Gasteiger partial charge in [-0.3, -0.25) is 4.79 Å². The van der Waals surface area contributed by atoms with E-state index >= 15 is 0 Å². The highest BCUT2D eigenvalue weighted by Gasteiger charge is 2.50. The highest BCUT2D eigenvalue weighted by molar-refractivity contribution is 5.82. The molecule has 0 aliphatic heterocycles. The Hall–Kier alpha value is -0.610. The van der Waals surface area contributed by atoms with Crippen LogP contribution in [0.4, 0.5) is 0 Å². The number of aliphatic hydroxyl groups excluding tert-OH is 1. The average molecular weight is 253 g/mol. The van der Waals surface area contributed by atoms with Gasteiger partial charge in [-0.15, -0.1) is 0 Å². The molecule has 0 aromatic rings. The molecule has 102 valence electrons. The predicted octanol–water partition coefficient (Wildman–Crippen LogP) is 0.935. The quantitative estimate of drug-likeness (QED) is 0.766. The molecule has 6 unspecified atom stereocenters. The molecule has 0 aromatic carbocycles. The summed E-state index contributed by atoms with van der Waals surface area (Å²) in [5, 5.41) is 12.7. The summed E-state index contributed by atoms with van der Waals surface area (Å²) in [7, 11) is 0. The molecule has 6 atom stereocenters. The van der Waals surface area contributed by atoms with E-state index in [0.29, 0.717) is 18.4 Å². The second kappa shape index (κ2) is 4.82. The van der Waals surface area contributed by atoms with Crippen LogP contribution in [0, 0.1) is 23.7 Å². The smallest absolute Gasteiger partial charge is 0.226 e. The number of amides is 1. The van der Waals surface area contributed by atoms with E-state index in [1.165, 1.54) is 19.3 Å². The van der Waals surface area contributed by atoms with E-state index in [1.54, 1.807) is 0 Å². The van der Waals surface area contributed by atoms with Gasteiger partial charge < -0.3 is 15.2 Å². The summed E-state index contributed by atoms with van der Waals surface area (Å²) < 4.78 is 5.46. The summed E-state index contributed by atoms with van der Waals surface area (Å²) in [5.41, 5.74) is 0. The summed E-state index contributed by atoms with van der Waals surface area (Å²) in [6.45, 7) is 2.86. The van der Waals surface area contributed by atoms with Gasteiger partial charge in [0.15, 0.2) is 0 Å². The lowest BCUT2D eigenvalue weighted by Gasteiger charge is -2.30. The van der Waals surface area contributed by atoms with E-state index in [0.717, 1.165) is 6.42 Å². The largest absolute Gasteiger partial charge is 0.396 e. The fraction of sp³-hybridized carbons (Fsp3) is 0.929. The van der Waals surface area contributed by atoms with Gasteiger partial charge in [-0.25, -0.2) is 0 Å². The Morgan fingerprint density at radius 1 is 1.33 bits per heavy atom. The Kier molecular flexibility index (Phi) is 3.32. The lowest BCUT2D eigenvalue weighted by Crippen LogP contribution is -2.46. The number of carbonyl (C=O) groups is 1. The van der Waals surface area contributed by atoms with Crippen molar-refractivity contribution in [3.63, 3.8) is 0 Å². The van der Waals surface area contributed by atoms with Crippen LogP contribution in [0.3, 0.4) is 0 Å². The van der Waals surface area contributed by atoms with Crippen LogP contribution in [0.1, 0.15) is 32.6 Å². The van der Waals surface area contributed by atoms with E-state index in [9.17, 15) is 9.90 Å². The van der Waals surface area contributed by atoms with Crippen molar-refractivity contribution in [2.24, 2.45) is 23.7 Å². The van der Waals surface area contributed by atoms with Crippen molar-refractivity contribution in [1.29, 1.82) is 0 Å². The van der Waals surface area contributed by atoms with Crippen molar-refractivity contribution < 1.29 is 14.6 Å². The molecule has 0 spiro atoms. The maximum Gasteiger partial charge on any atom is 0.226 e. The van der Waals surface area contributed by atoms with E-state index in [1.807, 2.05) is 6.92 Å². The van der Waals surface area contributed by atoms with Gasteiger partial charge in [-0.2, -0.15) is 0 Å². The number of hydrogen-bond donors (Lipinski definition) is 2. The second-order valence-electron chi connectivity index (χ2n) is 6.05. The molecule has 0 heterocycles. The lowest BCUT2D eigenvalue weighted by atomic mass is 9.85. The van der Waals surface area contributed by atoms with Crippen molar-refractivity contribution in [2.75, 3.05) is 13.2 Å². The molecule has 4 nitrogen and oxygen atoms in total. The fourth-order valence-corrected chi connectivity index (χ4v) is 4.02. The molecule has 0 aromatic heterocycles. The highest BCUT2D eigenvalue weighted by Crippen LogP contribution is 2.48. The van der Waals surface area contributed by atoms with Crippen LogP contribution in [-0.4, -0.2) is 36.4 Å². The Labute approximate surface area is 108 Å². The van der Waals surface area contributed by atoms with Crippen molar-refractivity contribution in [1.82, 2.24) is 5.32 Å². The molecule has 3 aliphatic carbocycles. The first-order valence-electron chi connectivity index (χ1n) is 7.27. The topological polar surface area (TPSA) is 58.6 Å². The average Bonchev–Trinajstić information content (AvgIpc) is 2.85. The van der Waals surface area contributed by atoms with Crippen LogP contribution >= 0.6 is 0 Å². The number of aliphatic hydroxyl groups is 1. The number of carbonyl (C=O) groups excluding carboxylic acids is 1. The molecule has 1 amide bonds. The molecular weight excluding hydrogens is 230 g/mol. The van der Waals surface area contributed by atoms with Crippen LogP contribution in [0.5, 0.6) is 0 Å². The minimum absolute atomic E-state index is 0.0587. The highest BCUT2D eigenvalue weighted by atomic mass is 16.5. The molecule has 3 saturated carbocycles. The third kappa shape index (κ3) is 2.05. The van der Waals surface area contributed by atoms with E-state index < -0.39 is 0 Å². The first kappa shape index (κ1) is 12.4. The van der Waals surface area contributed by atoms with Crippen molar-refractivity contribution in [3.05, 3.63) is 0 Å². The Morgan fingerprint density at radius 2 is 2.11 bits per heavy atom. The molecule has 2 N–H and O–H groups in total. The number of rotatable bonds is 5. The number of nitrogens with one attached hydrogen (secondary N) is 1. The van der Waals surface area contributed by atoms with Gasteiger partial charge in [0.05, 0.1) is 12.0 Å². The Bertz CT molecular complexity index is 333. The van der Waals surface area contributed by atoms with Crippen LogP contribution in [-0.2, 0) is 9.53 Å². The van der Waals surface area contributed by atoms with Crippen LogP contribution in [0.15, 0.2) is 0 Å². The lowest BCUT2D eigenvalue weighted by molar-refractivity contribution is -0.124. The third-order valence-electron chi connectivity index (χ3n) is 5.06. The van der Waals surface area contributed by atoms with Crippen LogP contribution in [0.2, 0.25) is 0 Å². The SMILES string of the molecule is CCOC1CC1C(=O)NC1C2CCC(C2)C1CO. The third-order valence-corrected chi connectivity index (χ3v) is 5.06. The van der Waals surface area contributed by atoms with Gasteiger partial charge in [0.25, 0.3) is 0 Å². The predicted molar refractivity (Wildman–Crippen MR) is 66.9 cm³/mol. The van der Waals surface area contributed by atoms with Gasteiger partial charge in [0.1, 0.15) is 0 Å². The molecule has 18 heavy (non-hydrogen) atoms. The van der Waals surface area contributed by atoms with Gasteiger partial charge in [0, 0.05) is 25.2 Å². The van der Waals surface area contributed by atoms with Crippen molar-refractivity contribution >= 4 is 5.91 Å². The molecule has 3 aliphatic rings. The zero-order valence-corrected chi connectivity index (χ0v) is 11.0. The molecule has 0 radical (unpaired) electrons. The minimum atomic E-state index is 0.0587. The summed E-state index contributed by atoms with van der Waals surface area (Å²) >= 11 is 0. The maximum absolute atomic E-state index is 12.1. The molecule has 4 heteroatoms. The monoisotopic (exact) mass is 253 g/mol. The zero-order chi connectivity index (χ0) is 12.7. The molecule has 2 bridgehead atoms. The Morgan fingerprint density at radius 3 is 2.83 bits per heavy atom. The summed E-state index contributed by atoms with van der Waals surface area (Å²) in [4.78, 5) is 12.1. The van der Waals surface area contributed by atoms with Crippen LogP contribution in [0.25, 0.3) is 0 Å². The van der Waals surface area contributed by atoms with Gasteiger partial charge >= 0.3 is 0 Å². The summed E-state index contributed by atoms with van der Waals surface area (Å²) in [6, 6.07) is 0.212. The number of fused-ring (bicyclic) bond motifs is 2. The van der Waals surface area contributed by atoms with E-state index in [2.05, 4.69) is 5.32 Å². The first-order chi connectivity index (χ1) is 8.74. The molecule has 3 fully saturated rings. The van der Waals surface area contributed by atoms with Crippen LogP contribution < -0.4 is 5.32 Å². The zero-order valence-electron chi connectivity index (χ0n) is 11.0. The van der Waals surface area contributed by atoms with E-state index in [4.69, 9.17) is 4.74 Å².